The van der Waals surface area contributed by atoms with Gasteiger partial charge in [0, 0.05) is 17.8 Å². The van der Waals surface area contributed by atoms with E-state index in [2.05, 4.69) is 10.6 Å². The number of ketones is 1. The van der Waals surface area contributed by atoms with Crippen LogP contribution in [0.1, 0.15) is 24.2 Å². The number of hydrogen-bond donors (Lipinski definition) is 3. The smallest absolute Gasteiger partial charge is 0.319 e. The summed E-state index contributed by atoms with van der Waals surface area (Å²) >= 11 is 0. The Bertz CT molecular complexity index is 416. The van der Waals surface area contributed by atoms with Crippen LogP contribution in [-0.2, 0) is 0 Å². The number of amides is 2. The summed E-state index contributed by atoms with van der Waals surface area (Å²) in [5.74, 6) is -0.0574. The summed E-state index contributed by atoms with van der Waals surface area (Å²) in [7, 11) is 0. The Balaban J connectivity index is 2.59. The van der Waals surface area contributed by atoms with Crippen molar-refractivity contribution in [3.05, 3.63) is 29.8 Å². The van der Waals surface area contributed by atoms with Gasteiger partial charge < -0.3 is 15.7 Å². The summed E-state index contributed by atoms with van der Waals surface area (Å²) in [6.07, 6.45) is -0.593. The molecule has 1 aromatic carbocycles. The van der Waals surface area contributed by atoms with Gasteiger partial charge in [0.05, 0.1) is 6.10 Å². The van der Waals surface area contributed by atoms with Gasteiger partial charge in [0.25, 0.3) is 0 Å². The van der Waals surface area contributed by atoms with E-state index >= 15 is 0 Å². The SMILES string of the molecule is CC(=O)c1cccc(NC(=O)NCC(C)O)c1. The molecule has 3 N–H and O–H groups in total. The van der Waals surface area contributed by atoms with Crippen LogP contribution in [0.2, 0.25) is 0 Å². The number of aliphatic hydroxyl groups excluding tert-OH is 1. The van der Waals surface area contributed by atoms with Crippen molar-refractivity contribution in [1.82, 2.24) is 5.32 Å². The minimum absolute atomic E-state index is 0.0574. The molecule has 5 heteroatoms. The summed E-state index contributed by atoms with van der Waals surface area (Å²) in [5.41, 5.74) is 1.08. The van der Waals surface area contributed by atoms with Gasteiger partial charge in [-0.15, -0.1) is 0 Å². The maximum Gasteiger partial charge on any atom is 0.319 e. The fraction of sp³-hybridized carbons (Fsp3) is 0.333. The van der Waals surface area contributed by atoms with E-state index in [1.54, 1.807) is 31.2 Å². The molecule has 0 radical (unpaired) electrons. The Hall–Kier alpha value is -1.88. The lowest BCUT2D eigenvalue weighted by molar-refractivity contribution is 0.101. The van der Waals surface area contributed by atoms with Crippen molar-refractivity contribution in [2.75, 3.05) is 11.9 Å². The van der Waals surface area contributed by atoms with E-state index in [0.29, 0.717) is 11.3 Å². The van der Waals surface area contributed by atoms with Gasteiger partial charge in [-0.3, -0.25) is 4.79 Å². The van der Waals surface area contributed by atoms with Gasteiger partial charge in [0.1, 0.15) is 0 Å². The molecular formula is C12H16N2O3. The zero-order valence-corrected chi connectivity index (χ0v) is 9.86. The number of carbonyl (C=O) groups excluding carboxylic acids is 2. The number of hydrogen-bond acceptors (Lipinski definition) is 3. The standard InChI is InChI=1S/C12H16N2O3/c1-8(15)7-13-12(17)14-11-5-3-4-10(6-11)9(2)16/h3-6,8,15H,7H2,1-2H3,(H2,13,14,17). The zero-order valence-electron chi connectivity index (χ0n) is 9.86. The molecule has 0 aliphatic heterocycles. The molecule has 0 spiro atoms. The molecule has 0 aromatic heterocycles. The second-order valence-electron chi connectivity index (χ2n) is 3.82. The van der Waals surface area contributed by atoms with Gasteiger partial charge in [-0.25, -0.2) is 4.79 Å². The van der Waals surface area contributed by atoms with Gasteiger partial charge >= 0.3 is 6.03 Å². The Morgan fingerprint density at radius 1 is 1.41 bits per heavy atom. The van der Waals surface area contributed by atoms with Crippen molar-refractivity contribution in [1.29, 1.82) is 0 Å². The van der Waals surface area contributed by atoms with E-state index in [1.165, 1.54) is 6.92 Å². The van der Waals surface area contributed by atoms with Crippen molar-refractivity contribution < 1.29 is 14.7 Å². The third kappa shape index (κ3) is 4.65. The first-order chi connectivity index (χ1) is 7.99. The fourth-order valence-electron chi connectivity index (χ4n) is 1.23. The van der Waals surface area contributed by atoms with E-state index in [4.69, 9.17) is 5.11 Å². The molecule has 92 valence electrons. The van der Waals surface area contributed by atoms with Crippen molar-refractivity contribution in [2.24, 2.45) is 0 Å². The highest BCUT2D eigenvalue weighted by atomic mass is 16.3. The second-order valence-corrected chi connectivity index (χ2v) is 3.82. The molecule has 0 heterocycles. The van der Waals surface area contributed by atoms with Crippen molar-refractivity contribution in [3.63, 3.8) is 0 Å². The quantitative estimate of drug-likeness (QED) is 0.691. The Labute approximate surface area is 99.8 Å². The van der Waals surface area contributed by atoms with Gasteiger partial charge in [-0.05, 0) is 26.0 Å². The number of urea groups is 1. The largest absolute Gasteiger partial charge is 0.392 e. The van der Waals surface area contributed by atoms with Crippen LogP contribution in [0.4, 0.5) is 10.5 Å². The highest BCUT2D eigenvalue weighted by molar-refractivity contribution is 5.96. The monoisotopic (exact) mass is 236 g/mol. The van der Waals surface area contributed by atoms with E-state index in [9.17, 15) is 9.59 Å². The lowest BCUT2D eigenvalue weighted by Gasteiger charge is -2.09. The molecule has 0 aliphatic carbocycles. The minimum Gasteiger partial charge on any atom is -0.392 e. The topological polar surface area (TPSA) is 78.4 Å². The zero-order chi connectivity index (χ0) is 12.8. The first-order valence-electron chi connectivity index (χ1n) is 5.33. The fourth-order valence-corrected chi connectivity index (χ4v) is 1.23. The van der Waals surface area contributed by atoms with E-state index < -0.39 is 12.1 Å². The third-order valence-electron chi connectivity index (χ3n) is 2.08. The molecule has 0 bridgehead atoms. The van der Waals surface area contributed by atoms with Crippen LogP contribution >= 0.6 is 0 Å². The molecule has 2 amide bonds. The molecular weight excluding hydrogens is 220 g/mol. The Kier molecular flexibility index (Phi) is 4.66. The lowest BCUT2D eigenvalue weighted by Crippen LogP contribution is -2.34. The molecule has 5 nitrogen and oxygen atoms in total. The molecule has 1 atom stereocenters. The summed E-state index contributed by atoms with van der Waals surface area (Å²) in [6.45, 7) is 3.22. The first kappa shape index (κ1) is 13.2. The van der Waals surface area contributed by atoms with Gasteiger partial charge in [0.15, 0.2) is 5.78 Å². The first-order valence-corrected chi connectivity index (χ1v) is 5.33. The molecule has 0 fully saturated rings. The molecule has 1 rings (SSSR count). The van der Waals surface area contributed by atoms with Gasteiger partial charge in [0.2, 0.25) is 0 Å². The number of aliphatic hydroxyl groups is 1. The maximum atomic E-state index is 11.4. The van der Waals surface area contributed by atoms with Crippen LogP contribution in [0.5, 0.6) is 0 Å². The van der Waals surface area contributed by atoms with E-state index in [1.807, 2.05) is 0 Å². The van der Waals surface area contributed by atoms with Gasteiger partial charge in [-0.2, -0.15) is 0 Å². The predicted octanol–water partition coefficient (Wildman–Crippen LogP) is 1.39. The molecule has 1 aromatic rings. The summed E-state index contributed by atoms with van der Waals surface area (Å²) in [6, 6.07) is 6.26. The van der Waals surface area contributed by atoms with Gasteiger partial charge in [-0.1, -0.05) is 12.1 Å². The molecule has 0 saturated heterocycles. The molecule has 1 unspecified atom stereocenters. The molecule has 17 heavy (non-hydrogen) atoms. The highest BCUT2D eigenvalue weighted by Gasteiger charge is 2.05. The van der Waals surface area contributed by atoms with Crippen LogP contribution in [0.3, 0.4) is 0 Å². The van der Waals surface area contributed by atoms with Crippen LogP contribution in [0, 0.1) is 0 Å². The predicted molar refractivity (Wildman–Crippen MR) is 65.1 cm³/mol. The average molecular weight is 236 g/mol. The van der Waals surface area contributed by atoms with Crippen LogP contribution < -0.4 is 10.6 Å². The summed E-state index contributed by atoms with van der Waals surface area (Å²) in [4.78, 5) is 22.5. The third-order valence-corrected chi connectivity index (χ3v) is 2.08. The minimum atomic E-state index is -0.593. The number of rotatable bonds is 4. The normalized spacial score (nSPS) is 11.7. The van der Waals surface area contributed by atoms with Crippen molar-refractivity contribution >= 4 is 17.5 Å². The van der Waals surface area contributed by atoms with Crippen molar-refractivity contribution in [2.45, 2.75) is 20.0 Å². The average Bonchev–Trinajstić information content (AvgIpc) is 2.26. The number of Topliss-reactive ketones (excluding diaryl/α,β-unsaturated/α-hetero) is 1. The number of nitrogens with one attached hydrogen (secondary N) is 2. The molecule has 0 saturated carbocycles. The lowest BCUT2D eigenvalue weighted by atomic mass is 10.1. The summed E-state index contributed by atoms with van der Waals surface area (Å²) < 4.78 is 0. The Morgan fingerprint density at radius 3 is 2.71 bits per heavy atom. The summed E-state index contributed by atoms with van der Waals surface area (Å²) in [5, 5.41) is 14.1. The molecule has 0 aliphatic rings. The second kappa shape index (κ2) is 6.00. The van der Waals surface area contributed by atoms with Crippen molar-refractivity contribution in [3.8, 4) is 0 Å². The van der Waals surface area contributed by atoms with Crippen LogP contribution in [-0.4, -0.2) is 29.6 Å². The van der Waals surface area contributed by atoms with Crippen LogP contribution in [0.15, 0.2) is 24.3 Å². The highest BCUT2D eigenvalue weighted by Crippen LogP contribution is 2.10. The number of benzene rings is 1. The van der Waals surface area contributed by atoms with E-state index in [-0.39, 0.29) is 12.3 Å². The number of anilines is 1. The maximum absolute atomic E-state index is 11.4. The Morgan fingerprint density at radius 2 is 2.12 bits per heavy atom. The van der Waals surface area contributed by atoms with E-state index in [0.717, 1.165) is 0 Å². The number of carbonyl (C=O) groups is 2. The van der Waals surface area contributed by atoms with Crippen LogP contribution in [0.25, 0.3) is 0 Å².